The minimum Gasteiger partial charge on any atom is -0.477 e. The van der Waals surface area contributed by atoms with Gasteiger partial charge in [-0.15, -0.1) is 0 Å². The van der Waals surface area contributed by atoms with Crippen molar-refractivity contribution in [2.24, 2.45) is 0 Å². The number of ether oxygens (including phenoxy) is 1. The number of nitrogens with zero attached hydrogens (tertiary/aromatic N) is 1. The maximum atomic E-state index is 12.1. The van der Waals surface area contributed by atoms with Gasteiger partial charge in [0.2, 0.25) is 0 Å². The highest BCUT2D eigenvalue weighted by Crippen LogP contribution is 2.29. The van der Waals surface area contributed by atoms with Gasteiger partial charge in [-0.1, -0.05) is 41.9 Å². The van der Waals surface area contributed by atoms with Crippen molar-refractivity contribution < 1.29 is 19.2 Å². The van der Waals surface area contributed by atoms with Gasteiger partial charge in [0.25, 0.3) is 5.91 Å². The Labute approximate surface area is 155 Å². The van der Waals surface area contributed by atoms with Gasteiger partial charge in [0, 0.05) is 11.1 Å². The molecule has 0 heterocycles. The Morgan fingerprint density at radius 1 is 1.23 bits per heavy atom. The highest BCUT2D eigenvalue weighted by Gasteiger charge is 2.20. The van der Waals surface area contributed by atoms with Crippen molar-refractivity contribution in [1.82, 2.24) is 5.32 Å². The average Bonchev–Trinajstić information content (AvgIpc) is 2.60. The molecule has 2 aromatic rings. The lowest BCUT2D eigenvalue weighted by molar-refractivity contribution is -0.385. The van der Waals surface area contributed by atoms with Crippen LogP contribution in [0.5, 0.6) is 5.75 Å². The molecule has 0 fully saturated rings. The number of rotatable bonds is 8. The van der Waals surface area contributed by atoms with Crippen molar-refractivity contribution in [2.75, 3.05) is 6.61 Å². The van der Waals surface area contributed by atoms with Crippen molar-refractivity contribution in [3.8, 4) is 5.75 Å². The van der Waals surface area contributed by atoms with Gasteiger partial charge < -0.3 is 10.1 Å². The van der Waals surface area contributed by atoms with Gasteiger partial charge in [-0.05, 0) is 31.0 Å². The van der Waals surface area contributed by atoms with Crippen LogP contribution in [-0.4, -0.2) is 29.3 Å². The van der Waals surface area contributed by atoms with Crippen molar-refractivity contribution in [3.05, 3.63) is 69.2 Å². The highest BCUT2D eigenvalue weighted by atomic mass is 35.5. The number of nitrogens with one attached hydrogen (secondary N) is 1. The molecule has 136 valence electrons. The number of ketones is 1. The number of halogens is 1. The molecular formula is C18H17ClN2O5. The van der Waals surface area contributed by atoms with Crippen LogP contribution in [0.3, 0.4) is 0 Å². The van der Waals surface area contributed by atoms with Crippen LogP contribution in [0.4, 0.5) is 5.69 Å². The summed E-state index contributed by atoms with van der Waals surface area (Å²) in [6.07, 6.45) is 0.350. The molecule has 0 saturated heterocycles. The normalized spacial score (nSPS) is 11.5. The van der Waals surface area contributed by atoms with Crippen molar-refractivity contribution in [3.63, 3.8) is 0 Å². The quantitative estimate of drug-likeness (QED) is 0.564. The number of hydrogen-bond donors (Lipinski definition) is 1. The molecular weight excluding hydrogens is 360 g/mol. The predicted molar refractivity (Wildman–Crippen MR) is 96.4 cm³/mol. The number of carbonyl (C=O) groups is 2. The molecule has 1 unspecified atom stereocenters. The van der Waals surface area contributed by atoms with E-state index in [9.17, 15) is 19.7 Å². The monoisotopic (exact) mass is 376 g/mol. The molecule has 0 aliphatic carbocycles. The van der Waals surface area contributed by atoms with E-state index in [-0.39, 0.29) is 22.2 Å². The molecule has 0 aromatic heterocycles. The fourth-order valence-corrected chi connectivity index (χ4v) is 2.45. The summed E-state index contributed by atoms with van der Waals surface area (Å²) in [5, 5.41) is 13.8. The molecule has 0 saturated carbocycles. The molecule has 0 bridgehead atoms. The van der Waals surface area contributed by atoms with Gasteiger partial charge in [0.1, 0.15) is 0 Å². The molecule has 1 N–H and O–H groups in total. The summed E-state index contributed by atoms with van der Waals surface area (Å²) < 4.78 is 5.22. The van der Waals surface area contributed by atoms with Gasteiger partial charge in [0.05, 0.1) is 11.0 Å². The lowest BCUT2D eigenvalue weighted by atomic mass is 10.0. The van der Waals surface area contributed by atoms with E-state index in [1.54, 1.807) is 0 Å². The summed E-state index contributed by atoms with van der Waals surface area (Å²) >= 11 is 5.73. The van der Waals surface area contributed by atoms with E-state index in [0.717, 1.165) is 11.6 Å². The van der Waals surface area contributed by atoms with Crippen molar-refractivity contribution in [2.45, 2.75) is 19.4 Å². The third kappa shape index (κ3) is 5.56. The molecule has 1 amide bonds. The first-order valence-corrected chi connectivity index (χ1v) is 8.15. The zero-order valence-corrected chi connectivity index (χ0v) is 14.7. The second-order valence-corrected chi connectivity index (χ2v) is 6.01. The van der Waals surface area contributed by atoms with Crippen LogP contribution in [0.1, 0.15) is 12.5 Å². The highest BCUT2D eigenvalue weighted by molar-refractivity contribution is 6.30. The summed E-state index contributed by atoms with van der Waals surface area (Å²) in [7, 11) is 0. The first-order valence-electron chi connectivity index (χ1n) is 7.77. The molecule has 0 radical (unpaired) electrons. The third-order valence-corrected chi connectivity index (χ3v) is 3.82. The molecule has 2 aromatic carbocycles. The second kappa shape index (κ2) is 8.96. The standard InChI is InChI=1S/C18H17ClN2O5/c1-12(22)15(9-13-5-3-2-4-6-13)20-18(23)11-26-17-8-7-14(19)10-16(17)21(24)25/h2-8,10,15H,9,11H2,1H3,(H,20,23). The predicted octanol–water partition coefficient (Wildman–Crippen LogP) is 2.94. The van der Waals surface area contributed by atoms with Crippen molar-refractivity contribution >= 4 is 29.0 Å². The first-order chi connectivity index (χ1) is 12.4. The Kier molecular flexibility index (Phi) is 6.68. The number of Topliss-reactive ketones (excluding diaryl/α,β-unsaturated/α-hetero) is 1. The van der Waals surface area contributed by atoms with Gasteiger partial charge in [-0.2, -0.15) is 0 Å². The van der Waals surface area contributed by atoms with E-state index in [4.69, 9.17) is 16.3 Å². The van der Waals surface area contributed by atoms with Gasteiger partial charge in [-0.25, -0.2) is 0 Å². The van der Waals surface area contributed by atoms with Gasteiger partial charge >= 0.3 is 5.69 Å². The second-order valence-electron chi connectivity index (χ2n) is 5.58. The minimum atomic E-state index is -0.700. The fraction of sp³-hybridized carbons (Fsp3) is 0.222. The summed E-state index contributed by atoms with van der Waals surface area (Å²) in [5.74, 6) is -0.818. The SMILES string of the molecule is CC(=O)C(Cc1ccccc1)NC(=O)COc1ccc(Cl)cc1[N+](=O)[O-]. The molecule has 7 nitrogen and oxygen atoms in total. The van der Waals surface area contributed by atoms with Crippen LogP contribution in [0.15, 0.2) is 48.5 Å². The average molecular weight is 377 g/mol. The maximum absolute atomic E-state index is 12.1. The van der Waals surface area contributed by atoms with Crippen LogP contribution in [0, 0.1) is 10.1 Å². The minimum absolute atomic E-state index is 0.0722. The van der Waals surface area contributed by atoms with Gasteiger partial charge in [0.15, 0.2) is 18.1 Å². The van der Waals surface area contributed by atoms with Crippen LogP contribution >= 0.6 is 11.6 Å². The zero-order valence-electron chi connectivity index (χ0n) is 14.0. The molecule has 2 rings (SSSR count). The summed E-state index contributed by atoms with van der Waals surface area (Å²) in [4.78, 5) is 34.2. The Morgan fingerprint density at radius 2 is 1.92 bits per heavy atom. The Hall–Kier alpha value is -2.93. The molecule has 1 atom stereocenters. The number of hydrogen-bond acceptors (Lipinski definition) is 5. The largest absolute Gasteiger partial charge is 0.477 e. The van der Waals surface area contributed by atoms with E-state index in [0.29, 0.717) is 6.42 Å². The molecule has 26 heavy (non-hydrogen) atoms. The number of carbonyl (C=O) groups excluding carboxylic acids is 2. The number of nitro benzene ring substituents is 1. The first kappa shape index (κ1) is 19.4. The van der Waals surface area contributed by atoms with E-state index in [2.05, 4.69) is 5.32 Å². The van der Waals surface area contributed by atoms with Crippen LogP contribution < -0.4 is 10.1 Å². The maximum Gasteiger partial charge on any atom is 0.312 e. The summed E-state index contributed by atoms with van der Waals surface area (Å²) in [6.45, 7) is 0.930. The molecule has 0 aliphatic rings. The smallest absolute Gasteiger partial charge is 0.312 e. The fourth-order valence-electron chi connectivity index (χ4n) is 2.28. The Bertz CT molecular complexity index is 810. The van der Waals surface area contributed by atoms with Crippen LogP contribution in [0.25, 0.3) is 0 Å². The summed E-state index contributed by atoms with van der Waals surface area (Å²) in [6, 6.07) is 12.4. The zero-order chi connectivity index (χ0) is 19.1. The van der Waals surface area contributed by atoms with E-state index in [1.165, 1.54) is 19.1 Å². The van der Waals surface area contributed by atoms with Crippen molar-refractivity contribution in [1.29, 1.82) is 0 Å². The van der Waals surface area contributed by atoms with Crippen LogP contribution in [0.2, 0.25) is 5.02 Å². The number of benzene rings is 2. The summed E-state index contributed by atoms with van der Waals surface area (Å²) in [5.41, 5.74) is 0.569. The number of amides is 1. The van der Waals surface area contributed by atoms with E-state index >= 15 is 0 Å². The van der Waals surface area contributed by atoms with Gasteiger partial charge in [-0.3, -0.25) is 19.7 Å². The van der Waals surface area contributed by atoms with E-state index in [1.807, 2.05) is 30.3 Å². The Balaban J connectivity index is 1.99. The third-order valence-electron chi connectivity index (χ3n) is 3.59. The lowest BCUT2D eigenvalue weighted by Gasteiger charge is -2.16. The molecule has 0 aliphatic heterocycles. The lowest BCUT2D eigenvalue weighted by Crippen LogP contribution is -2.43. The Morgan fingerprint density at radius 3 is 2.54 bits per heavy atom. The van der Waals surface area contributed by atoms with Crippen LogP contribution in [-0.2, 0) is 16.0 Å². The van der Waals surface area contributed by atoms with E-state index < -0.39 is 23.5 Å². The molecule has 8 heteroatoms. The topological polar surface area (TPSA) is 98.5 Å². The molecule has 0 spiro atoms. The number of nitro groups is 1.